The molecule has 2 aromatic rings. The average molecular weight is 326 g/mol. The Labute approximate surface area is 141 Å². The standard InChI is InChI=1S/C18H22N4O2/c1-13-6-3-9-16(19-13)21-17-10-4-7-14(20-17)15-8-5-11-22(15)18(23)12-24-2/h3-4,6-7,9-10,15H,5,8,11-12H2,1-2H3,(H,19,20,21)/t15-/m1/s1. The van der Waals surface area contributed by atoms with Crippen LogP contribution in [0.2, 0.25) is 0 Å². The number of carbonyl (C=O) groups excluding carboxylic acids is 1. The highest BCUT2D eigenvalue weighted by Gasteiger charge is 2.30. The second-order valence-electron chi connectivity index (χ2n) is 5.92. The Kier molecular flexibility index (Phi) is 5.05. The molecule has 24 heavy (non-hydrogen) atoms. The molecule has 0 bridgehead atoms. The number of nitrogens with zero attached hydrogens (tertiary/aromatic N) is 3. The largest absolute Gasteiger partial charge is 0.375 e. The molecule has 0 spiro atoms. The van der Waals surface area contributed by atoms with Gasteiger partial charge in [-0.1, -0.05) is 12.1 Å². The molecule has 3 rings (SSSR count). The van der Waals surface area contributed by atoms with Crippen molar-refractivity contribution in [1.82, 2.24) is 14.9 Å². The molecule has 1 saturated heterocycles. The maximum atomic E-state index is 12.2. The van der Waals surface area contributed by atoms with Crippen molar-refractivity contribution >= 4 is 17.5 Å². The van der Waals surface area contributed by atoms with E-state index in [0.717, 1.165) is 42.4 Å². The highest BCUT2D eigenvalue weighted by atomic mass is 16.5. The molecule has 1 N–H and O–H groups in total. The van der Waals surface area contributed by atoms with Crippen molar-refractivity contribution in [3.05, 3.63) is 47.8 Å². The Balaban J connectivity index is 1.78. The van der Waals surface area contributed by atoms with E-state index in [2.05, 4.69) is 15.3 Å². The van der Waals surface area contributed by atoms with Gasteiger partial charge in [-0.2, -0.15) is 0 Å². The normalized spacial score (nSPS) is 17.1. The second kappa shape index (κ2) is 7.40. The molecular weight excluding hydrogens is 304 g/mol. The van der Waals surface area contributed by atoms with Crippen LogP contribution >= 0.6 is 0 Å². The molecule has 6 heteroatoms. The lowest BCUT2D eigenvalue weighted by Crippen LogP contribution is -2.33. The number of ether oxygens (including phenoxy) is 1. The lowest BCUT2D eigenvalue weighted by Gasteiger charge is -2.24. The number of hydrogen-bond donors (Lipinski definition) is 1. The van der Waals surface area contributed by atoms with Gasteiger partial charge in [0.15, 0.2) is 0 Å². The molecule has 0 radical (unpaired) electrons. The van der Waals surface area contributed by atoms with Gasteiger partial charge >= 0.3 is 0 Å². The first kappa shape index (κ1) is 16.4. The van der Waals surface area contributed by atoms with Gasteiger partial charge in [-0.25, -0.2) is 9.97 Å². The third-order valence-corrected chi connectivity index (χ3v) is 4.10. The zero-order chi connectivity index (χ0) is 16.9. The number of hydrogen-bond acceptors (Lipinski definition) is 5. The molecule has 0 unspecified atom stereocenters. The van der Waals surface area contributed by atoms with Crippen LogP contribution in [0.15, 0.2) is 36.4 Å². The highest BCUT2D eigenvalue weighted by Crippen LogP contribution is 2.31. The average Bonchev–Trinajstić information content (AvgIpc) is 3.05. The zero-order valence-electron chi connectivity index (χ0n) is 14.0. The third-order valence-electron chi connectivity index (χ3n) is 4.10. The van der Waals surface area contributed by atoms with Crippen molar-refractivity contribution in [1.29, 1.82) is 0 Å². The van der Waals surface area contributed by atoms with Gasteiger partial charge in [-0.15, -0.1) is 0 Å². The molecule has 0 saturated carbocycles. The minimum absolute atomic E-state index is 0.0138. The number of likely N-dealkylation sites (tertiary alicyclic amines) is 1. The molecule has 1 fully saturated rings. The molecule has 1 atom stereocenters. The van der Waals surface area contributed by atoms with E-state index in [0.29, 0.717) is 0 Å². The minimum Gasteiger partial charge on any atom is -0.375 e. The summed E-state index contributed by atoms with van der Waals surface area (Å²) >= 11 is 0. The van der Waals surface area contributed by atoms with Crippen LogP contribution in [0.3, 0.4) is 0 Å². The molecule has 2 aromatic heterocycles. The maximum absolute atomic E-state index is 12.2. The smallest absolute Gasteiger partial charge is 0.249 e. The Morgan fingerprint density at radius 2 is 2.00 bits per heavy atom. The lowest BCUT2D eigenvalue weighted by atomic mass is 10.1. The van der Waals surface area contributed by atoms with E-state index in [1.54, 1.807) is 7.11 Å². The van der Waals surface area contributed by atoms with Crippen molar-refractivity contribution < 1.29 is 9.53 Å². The lowest BCUT2D eigenvalue weighted by molar-refractivity contribution is -0.136. The van der Waals surface area contributed by atoms with Gasteiger partial charge in [0.25, 0.3) is 0 Å². The van der Waals surface area contributed by atoms with Crippen LogP contribution in [0.4, 0.5) is 11.6 Å². The number of pyridine rings is 2. The number of amides is 1. The summed E-state index contributed by atoms with van der Waals surface area (Å²) in [5.41, 5.74) is 1.85. The number of aryl methyl sites for hydroxylation is 1. The Hall–Kier alpha value is -2.47. The van der Waals surface area contributed by atoms with Crippen LogP contribution in [0.5, 0.6) is 0 Å². The van der Waals surface area contributed by atoms with Crippen LogP contribution < -0.4 is 5.32 Å². The van der Waals surface area contributed by atoms with Crippen LogP contribution in [0, 0.1) is 6.92 Å². The predicted octanol–water partition coefficient (Wildman–Crippen LogP) is 2.84. The summed E-state index contributed by atoms with van der Waals surface area (Å²) in [6.07, 6.45) is 1.91. The van der Waals surface area contributed by atoms with Crippen molar-refractivity contribution in [2.24, 2.45) is 0 Å². The van der Waals surface area contributed by atoms with Gasteiger partial charge in [-0.05, 0) is 44.0 Å². The molecule has 126 valence electrons. The molecule has 3 heterocycles. The van der Waals surface area contributed by atoms with Crippen molar-refractivity contribution in [2.45, 2.75) is 25.8 Å². The van der Waals surface area contributed by atoms with Gasteiger partial charge in [0.2, 0.25) is 5.91 Å². The fourth-order valence-electron chi connectivity index (χ4n) is 3.03. The van der Waals surface area contributed by atoms with Crippen molar-refractivity contribution in [3.63, 3.8) is 0 Å². The van der Waals surface area contributed by atoms with E-state index >= 15 is 0 Å². The third kappa shape index (κ3) is 3.71. The summed E-state index contributed by atoms with van der Waals surface area (Å²) in [6.45, 7) is 2.82. The van der Waals surface area contributed by atoms with Crippen LogP contribution in [0.25, 0.3) is 0 Å². The van der Waals surface area contributed by atoms with Gasteiger partial charge in [-0.3, -0.25) is 4.79 Å². The van der Waals surface area contributed by atoms with Crippen LogP contribution in [0.1, 0.15) is 30.3 Å². The highest BCUT2D eigenvalue weighted by molar-refractivity contribution is 5.78. The summed E-state index contributed by atoms with van der Waals surface area (Å²) in [5.74, 6) is 1.51. The van der Waals surface area contributed by atoms with E-state index < -0.39 is 0 Å². The first-order valence-corrected chi connectivity index (χ1v) is 8.13. The molecule has 0 aromatic carbocycles. The zero-order valence-corrected chi connectivity index (χ0v) is 14.0. The SMILES string of the molecule is COCC(=O)N1CCC[C@@H]1c1cccc(Nc2cccc(C)n2)n1. The minimum atomic E-state index is 0.0138. The molecular formula is C18H22N4O2. The number of rotatable bonds is 5. The van der Waals surface area contributed by atoms with E-state index in [1.807, 2.05) is 48.2 Å². The maximum Gasteiger partial charge on any atom is 0.249 e. The molecule has 6 nitrogen and oxygen atoms in total. The summed E-state index contributed by atoms with van der Waals surface area (Å²) in [6, 6.07) is 11.7. The second-order valence-corrected chi connectivity index (χ2v) is 5.92. The first-order chi connectivity index (χ1) is 11.7. The van der Waals surface area contributed by atoms with Gasteiger partial charge < -0.3 is 15.0 Å². The summed E-state index contributed by atoms with van der Waals surface area (Å²) in [7, 11) is 1.54. The number of anilines is 2. The summed E-state index contributed by atoms with van der Waals surface area (Å²) < 4.78 is 4.98. The topological polar surface area (TPSA) is 67.3 Å². The Bertz CT molecular complexity index is 720. The van der Waals surface area contributed by atoms with Gasteiger partial charge in [0, 0.05) is 19.3 Å². The number of aromatic nitrogens is 2. The molecule has 1 aliphatic heterocycles. The number of carbonyl (C=O) groups is 1. The Morgan fingerprint density at radius 1 is 1.25 bits per heavy atom. The number of nitrogens with one attached hydrogen (secondary N) is 1. The molecule has 0 aliphatic carbocycles. The monoisotopic (exact) mass is 326 g/mol. The van der Waals surface area contributed by atoms with E-state index in [1.165, 1.54) is 0 Å². The summed E-state index contributed by atoms with van der Waals surface area (Å²) in [4.78, 5) is 23.2. The van der Waals surface area contributed by atoms with Crippen LogP contribution in [-0.2, 0) is 9.53 Å². The molecule has 1 aliphatic rings. The molecule has 1 amide bonds. The van der Waals surface area contributed by atoms with Crippen molar-refractivity contribution in [3.8, 4) is 0 Å². The number of methoxy groups -OCH3 is 1. The van der Waals surface area contributed by atoms with E-state index in [4.69, 9.17) is 4.74 Å². The van der Waals surface area contributed by atoms with E-state index in [9.17, 15) is 4.79 Å². The van der Waals surface area contributed by atoms with Gasteiger partial charge in [0.05, 0.1) is 11.7 Å². The summed E-state index contributed by atoms with van der Waals surface area (Å²) in [5, 5.41) is 3.23. The quantitative estimate of drug-likeness (QED) is 0.915. The van der Waals surface area contributed by atoms with Crippen molar-refractivity contribution in [2.75, 3.05) is 25.6 Å². The van der Waals surface area contributed by atoms with Crippen LogP contribution in [-0.4, -0.2) is 41.0 Å². The Morgan fingerprint density at radius 3 is 2.75 bits per heavy atom. The fourth-order valence-corrected chi connectivity index (χ4v) is 3.03. The fraction of sp³-hybridized carbons (Fsp3) is 0.389. The van der Waals surface area contributed by atoms with Gasteiger partial charge in [0.1, 0.15) is 18.2 Å². The predicted molar refractivity (Wildman–Crippen MR) is 92.1 cm³/mol. The first-order valence-electron chi connectivity index (χ1n) is 8.13. The van der Waals surface area contributed by atoms with E-state index in [-0.39, 0.29) is 18.6 Å².